The van der Waals surface area contributed by atoms with Gasteiger partial charge in [0.1, 0.15) is 0 Å². The van der Waals surface area contributed by atoms with E-state index in [9.17, 15) is 0 Å². The largest absolute Gasteiger partial charge is 0.381 e. The van der Waals surface area contributed by atoms with Gasteiger partial charge in [-0.05, 0) is 30.7 Å². The van der Waals surface area contributed by atoms with Crippen LogP contribution in [0, 0.1) is 12.3 Å². The van der Waals surface area contributed by atoms with Crippen LogP contribution >= 0.6 is 0 Å². The van der Waals surface area contributed by atoms with Crippen molar-refractivity contribution >= 4 is 0 Å². The van der Waals surface area contributed by atoms with Gasteiger partial charge in [-0.1, -0.05) is 36.8 Å². The average Bonchev–Trinajstić information content (AvgIpc) is 2.40. The van der Waals surface area contributed by atoms with Crippen LogP contribution in [0.15, 0.2) is 24.3 Å². The number of aryl methyl sites for hydroxylation is 1. The van der Waals surface area contributed by atoms with E-state index in [2.05, 4.69) is 43.4 Å². The standard InChI is InChI=1S/C16H26N2O/c1-13-3-5-14(6-4-13)15(17)11-18-12-16(2)7-9-19-10-8-16/h3-6,15,18H,7-12,17H2,1-2H3. The summed E-state index contributed by atoms with van der Waals surface area (Å²) in [6.07, 6.45) is 2.28. The predicted molar refractivity (Wildman–Crippen MR) is 79.1 cm³/mol. The SMILES string of the molecule is Cc1ccc(C(N)CNCC2(C)CCOCC2)cc1. The second-order valence-electron chi connectivity index (χ2n) is 6.07. The van der Waals surface area contributed by atoms with Gasteiger partial charge in [0.2, 0.25) is 0 Å². The number of nitrogens with one attached hydrogen (secondary N) is 1. The van der Waals surface area contributed by atoms with Crippen molar-refractivity contribution in [2.75, 3.05) is 26.3 Å². The molecule has 0 spiro atoms. The highest BCUT2D eigenvalue weighted by Crippen LogP contribution is 2.28. The molecular weight excluding hydrogens is 236 g/mol. The topological polar surface area (TPSA) is 47.3 Å². The molecule has 1 fully saturated rings. The van der Waals surface area contributed by atoms with Crippen LogP contribution in [0.4, 0.5) is 0 Å². The van der Waals surface area contributed by atoms with Gasteiger partial charge < -0.3 is 15.8 Å². The van der Waals surface area contributed by atoms with E-state index in [1.165, 1.54) is 11.1 Å². The van der Waals surface area contributed by atoms with E-state index in [0.717, 1.165) is 39.1 Å². The maximum absolute atomic E-state index is 6.22. The van der Waals surface area contributed by atoms with Crippen molar-refractivity contribution in [1.82, 2.24) is 5.32 Å². The number of nitrogens with two attached hydrogens (primary N) is 1. The second-order valence-corrected chi connectivity index (χ2v) is 6.07. The molecule has 3 nitrogen and oxygen atoms in total. The first-order valence-electron chi connectivity index (χ1n) is 7.20. The van der Waals surface area contributed by atoms with Gasteiger partial charge in [-0.15, -0.1) is 0 Å². The molecule has 1 atom stereocenters. The van der Waals surface area contributed by atoms with E-state index in [1.807, 2.05) is 0 Å². The van der Waals surface area contributed by atoms with Crippen LogP contribution < -0.4 is 11.1 Å². The molecule has 1 aromatic rings. The molecule has 1 aliphatic rings. The fourth-order valence-corrected chi connectivity index (χ4v) is 2.50. The second kappa shape index (κ2) is 6.51. The number of benzene rings is 1. The molecule has 1 aliphatic heterocycles. The van der Waals surface area contributed by atoms with Crippen LogP contribution in [-0.4, -0.2) is 26.3 Å². The van der Waals surface area contributed by atoms with Crippen LogP contribution in [0.25, 0.3) is 0 Å². The molecule has 0 bridgehead atoms. The quantitative estimate of drug-likeness (QED) is 0.856. The Hall–Kier alpha value is -0.900. The Morgan fingerprint density at radius 1 is 1.26 bits per heavy atom. The molecule has 0 aliphatic carbocycles. The monoisotopic (exact) mass is 262 g/mol. The molecule has 3 heteroatoms. The van der Waals surface area contributed by atoms with E-state index in [1.54, 1.807) is 0 Å². The van der Waals surface area contributed by atoms with Crippen molar-refractivity contribution in [2.45, 2.75) is 32.7 Å². The van der Waals surface area contributed by atoms with Crippen molar-refractivity contribution in [1.29, 1.82) is 0 Å². The Balaban J connectivity index is 1.77. The zero-order valence-electron chi connectivity index (χ0n) is 12.1. The smallest absolute Gasteiger partial charge is 0.0471 e. The van der Waals surface area contributed by atoms with E-state index >= 15 is 0 Å². The van der Waals surface area contributed by atoms with Gasteiger partial charge in [-0.3, -0.25) is 0 Å². The molecule has 1 unspecified atom stereocenters. The predicted octanol–water partition coefficient (Wildman–Crippen LogP) is 2.40. The summed E-state index contributed by atoms with van der Waals surface area (Å²) in [6.45, 7) is 8.07. The molecule has 1 saturated heterocycles. The third kappa shape index (κ3) is 4.30. The Labute approximate surface area is 116 Å². The summed E-state index contributed by atoms with van der Waals surface area (Å²) in [6, 6.07) is 8.56. The van der Waals surface area contributed by atoms with Crippen LogP contribution in [-0.2, 0) is 4.74 Å². The molecule has 0 amide bonds. The first-order valence-corrected chi connectivity index (χ1v) is 7.20. The maximum atomic E-state index is 6.22. The highest BCUT2D eigenvalue weighted by molar-refractivity contribution is 5.24. The lowest BCUT2D eigenvalue weighted by atomic mass is 9.82. The summed E-state index contributed by atoms with van der Waals surface area (Å²) in [4.78, 5) is 0. The van der Waals surface area contributed by atoms with E-state index in [-0.39, 0.29) is 6.04 Å². The molecule has 1 heterocycles. The lowest BCUT2D eigenvalue weighted by Crippen LogP contribution is -2.39. The highest BCUT2D eigenvalue weighted by Gasteiger charge is 2.26. The average molecular weight is 262 g/mol. The number of hydrogen-bond donors (Lipinski definition) is 2. The third-order valence-corrected chi connectivity index (χ3v) is 4.12. The summed E-state index contributed by atoms with van der Waals surface area (Å²) < 4.78 is 5.42. The summed E-state index contributed by atoms with van der Waals surface area (Å²) in [5.41, 5.74) is 9.06. The van der Waals surface area contributed by atoms with Crippen LogP contribution in [0.3, 0.4) is 0 Å². The zero-order chi connectivity index (χ0) is 13.7. The summed E-state index contributed by atoms with van der Waals surface area (Å²) in [7, 11) is 0. The molecule has 2 rings (SSSR count). The fourth-order valence-electron chi connectivity index (χ4n) is 2.50. The van der Waals surface area contributed by atoms with E-state index in [0.29, 0.717) is 5.41 Å². The molecule has 0 saturated carbocycles. The van der Waals surface area contributed by atoms with Crippen molar-refractivity contribution < 1.29 is 4.74 Å². The van der Waals surface area contributed by atoms with Gasteiger partial charge in [-0.25, -0.2) is 0 Å². The maximum Gasteiger partial charge on any atom is 0.0471 e. The minimum Gasteiger partial charge on any atom is -0.381 e. The summed E-state index contributed by atoms with van der Waals surface area (Å²) in [5, 5.41) is 3.53. The van der Waals surface area contributed by atoms with Gasteiger partial charge in [0, 0.05) is 32.3 Å². The van der Waals surface area contributed by atoms with Crippen LogP contribution in [0.1, 0.15) is 36.9 Å². The molecule has 3 N–H and O–H groups in total. The molecular formula is C16H26N2O. The fraction of sp³-hybridized carbons (Fsp3) is 0.625. The summed E-state index contributed by atoms with van der Waals surface area (Å²) >= 11 is 0. The van der Waals surface area contributed by atoms with Gasteiger partial charge in [0.25, 0.3) is 0 Å². The van der Waals surface area contributed by atoms with E-state index in [4.69, 9.17) is 10.5 Å². The van der Waals surface area contributed by atoms with Crippen molar-refractivity contribution in [2.24, 2.45) is 11.1 Å². The van der Waals surface area contributed by atoms with Crippen molar-refractivity contribution in [3.63, 3.8) is 0 Å². The molecule has 0 aromatic heterocycles. The minimum absolute atomic E-state index is 0.0732. The molecule has 19 heavy (non-hydrogen) atoms. The van der Waals surface area contributed by atoms with Gasteiger partial charge in [0.05, 0.1) is 0 Å². The Kier molecular flexibility index (Phi) is 4.97. The van der Waals surface area contributed by atoms with Crippen LogP contribution in [0.5, 0.6) is 0 Å². The van der Waals surface area contributed by atoms with Crippen LogP contribution in [0.2, 0.25) is 0 Å². The first kappa shape index (κ1) is 14.5. The lowest BCUT2D eigenvalue weighted by molar-refractivity contribution is 0.0241. The normalized spacial score (nSPS) is 20.2. The van der Waals surface area contributed by atoms with Gasteiger partial charge >= 0.3 is 0 Å². The zero-order valence-corrected chi connectivity index (χ0v) is 12.1. The third-order valence-electron chi connectivity index (χ3n) is 4.12. The molecule has 106 valence electrons. The number of hydrogen-bond acceptors (Lipinski definition) is 3. The van der Waals surface area contributed by atoms with Crippen molar-refractivity contribution in [3.05, 3.63) is 35.4 Å². The first-order chi connectivity index (χ1) is 9.09. The van der Waals surface area contributed by atoms with E-state index < -0.39 is 0 Å². The van der Waals surface area contributed by atoms with Gasteiger partial charge in [-0.2, -0.15) is 0 Å². The van der Waals surface area contributed by atoms with Gasteiger partial charge in [0.15, 0.2) is 0 Å². The Bertz CT molecular complexity index is 382. The van der Waals surface area contributed by atoms with Crippen molar-refractivity contribution in [3.8, 4) is 0 Å². The summed E-state index contributed by atoms with van der Waals surface area (Å²) in [5.74, 6) is 0. The Morgan fingerprint density at radius 2 is 1.89 bits per heavy atom. The molecule has 0 radical (unpaired) electrons. The minimum atomic E-state index is 0.0732. The lowest BCUT2D eigenvalue weighted by Gasteiger charge is -2.34. The molecule has 1 aromatic carbocycles. The Morgan fingerprint density at radius 3 is 2.53 bits per heavy atom. The number of ether oxygens (including phenoxy) is 1. The highest BCUT2D eigenvalue weighted by atomic mass is 16.5. The number of rotatable bonds is 5.